The first-order chi connectivity index (χ1) is 13.7. The molecule has 29 heavy (non-hydrogen) atoms. The van der Waals surface area contributed by atoms with E-state index in [2.05, 4.69) is 20.5 Å². The Morgan fingerprint density at radius 3 is 2.76 bits per heavy atom. The van der Waals surface area contributed by atoms with Crippen LogP contribution in [0.1, 0.15) is 29.2 Å². The molecule has 0 atom stereocenters. The molecule has 0 saturated heterocycles. The summed E-state index contributed by atoms with van der Waals surface area (Å²) in [6.45, 7) is 4.70. The van der Waals surface area contributed by atoms with Crippen LogP contribution in [0.15, 0.2) is 46.0 Å². The molecule has 0 fully saturated rings. The molecule has 2 N–H and O–H groups in total. The van der Waals surface area contributed by atoms with Crippen LogP contribution in [-0.2, 0) is 9.53 Å². The molecule has 1 aromatic heterocycles. The van der Waals surface area contributed by atoms with E-state index in [9.17, 15) is 24.8 Å². The third-order valence-corrected chi connectivity index (χ3v) is 4.39. The number of anilines is 1. The zero-order valence-corrected chi connectivity index (χ0v) is 16.5. The number of aliphatic hydroxyl groups is 1. The second-order valence-electron chi connectivity index (χ2n) is 5.52. The van der Waals surface area contributed by atoms with Crippen molar-refractivity contribution in [1.82, 2.24) is 4.98 Å². The molecule has 0 saturated carbocycles. The number of nitro groups is 1. The monoisotopic (exact) mass is 419 g/mol. The number of azo groups is 1. The summed E-state index contributed by atoms with van der Waals surface area (Å²) in [7, 11) is 0. The number of allylic oxidation sites excluding steroid dienone is 1. The van der Waals surface area contributed by atoms with Gasteiger partial charge in [0.1, 0.15) is 10.6 Å². The minimum atomic E-state index is -0.816. The first kappa shape index (κ1) is 21.6. The third-order valence-electron chi connectivity index (χ3n) is 3.34. The molecule has 2 rings (SSSR count). The zero-order valence-electron chi connectivity index (χ0n) is 15.7. The van der Waals surface area contributed by atoms with Crippen molar-refractivity contribution in [1.29, 1.82) is 0 Å². The van der Waals surface area contributed by atoms with Crippen LogP contribution >= 0.6 is 11.3 Å². The number of carbonyl (C=O) groups excluding carboxylic acids is 2. The Morgan fingerprint density at radius 2 is 2.14 bits per heavy atom. The van der Waals surface area contributed by atoms with Gasteiger partial charge in [-0.25, -0.2) is 9.78 Å². The maximum atomic E-state index is 12.4. The molecule has 11 nitrogen and oxygen atoms in total. The number of rotatable bonds is 7. The third kappa shape index (κ3) is 5.65. The highest BCUT2D eigenvalue weighted by molar-refractivity contribution is 7.17. The van der Waals surface area contributed by atoms with Gasteiger partial charge in [-0.05, 0) is 26.8 Å². The average Bonchev–Trinajstić information content (AvgIpc) is 3.02. The van der Waals surface area contributed by atoms with Crippen molar-refractivity contribution in [3.05, 3.63) is 56.4 Å². The highest BCUT2D eigenvalue weighted by Gasteiger charge is 2.20. The average molecular weight is 419 g/mol. The lowest BCUT2D eigenvalue weighted by Crippen LogP contribution is -2.14. The van der Waals surface area contributed by atoms with Gasteiger partial charge in [0.15, 0.2) is 10.8 Å². The summed E-state index contributed by atoms with van der Waals surface area (Å²) in [6.07, 6.45) is 0. The van der Waals surface area contributed by atoms with Crippen molar-refractivity contribution in [2.24, 2.45) is 10.2 Å². The standard InChI is InChI=1S/C17H17N5O6S/c1-4-28-16(25)14-9(2)18-17(29-14)19-15(24)13(10(3)23)21-20-11-6-5-7-12(8-11)22(26)27/h5-8,23H,4H2,1-3H3,(H,18,19,24)/b13-10-,21-20?. The van der Waals surface area contributed by atoms with E-state index in [-0.39, 0.29) is 28.0 Å². The predicted octanol–water partition coefficient (Wildman–Crippen LogP) is 4.05. The zero-order chi connectivity index (χ0) is 21.6. The SMILES string of the molecule is CCOC(=O)c1sc(NC(=O)/C(N=Nc2cccc([N+](=O)[O-])c2)=C(\C)O)nc1C. The van der Waals surface area contributed by atoms with Crippen LogP contribution in [-0.4, -0.2) is 33.5 Å². The summed E-state index contributed by atoms with van der Waals surface area (Å²) < 4.78 is 4.91. The van der Waals surface area contributed by atoms with E-state index in [1.807, 2.05) is 0 Å². The number of nitrogens with one attached hydrogen (secondary N) is 1. The van der Waals surface area contributed by atoms with Gasteiger partial charge >= 0.3 is 5.97 Å². The molecule has 0 spiro atoms. The number of nitro benzene ring substituents is 1. The van der Waals surface area contributed by atoms with Crippen molar-refractivity contribution in [3.63, 3.8) is 0 Å². The van der Waals surface area contributed by atoms with Crippen LogP contribution in [0.4, 0.5) is 16.5 Å². The number of aliphatic hydroxyl groups excluding tert-OH is 1. The minimum absolute atomic E-state index is 0.111. The number of ether oxygens (including phenoxy) is 1. The quantitative estimate of drug-likeness (QED) is 0.171. The lowest BCUT2D eigenvalue weighted by molar-refractivity contribution is -0.384. The van der Waals surface area contributed by atoms with E-state index in [4.69, 9.17) is 4.74 Å². The molecular formula is C17H17N5O6S. The van der Waals surface area contributed by atoms with Gasteiger partial charge in [-0.15, -0.1) is 10.2 Å². The van der Waals surface area contributed by atoms with Crippen LogP contribution in [0.3, 0.4) is 0 Å². The molecule has 0 aliphatic carbocycles. The second kappa shape index (κ2) is 9.50. The number of hydrogen-bond donors (Lipinski definition) is 2. The second-order valence-corrected chi connectivity index (χ2v) is 6.52. The van der Waals surface area contributed by atoms with Crippen LogP contribution in [0.2, 0.25) is 0 Å². The summed E-state index contributed by atoms with van der Waals surface area (Å²) in [5.41, 5.74) is -0.0994. The largest absolute Gasteiger partial charge is 0.510 e. The number of aromatic nitrogens is 1. The highest BCUT2D eigenvalue weighted by Crippen LogP contribution is 2.25. The Morgan fingerprint density at radius 1 is 1.41 bits per heavy atom. The predicted molar refractivity (Wildman–Crippen MR) is 104 cm³/mol. The van der Waals surface area contributed by atoms with Crippen LogP contribution in [0, 0.1) is 17.0 Å². The lowest BCUT2D eigenvalue weighted by atomic mass is 10.3. The van der Waals surface area contributed by atoms with Crippen LogP contribution in [0.25, 0.3) is 0 Å². The van der Waals surface area contributed by atoms with E-state index in [1.165, 1.54) is 31.2 Å². The lowest BCUT2D eigenvalue weighted by Gasteiger charge is -2.02. The Bertz CT molecular complexity index is 1010. The number of amides is 1. The van der Waals surface area contributed by atoms with Gasteiger partial charge in [-0.2, -0.15) is 0 Å². The molecule has 0 unspecified atom stereocenters. The van der Waals surface area contributed by atoms with Crippen LogP contribution in [0.5, 0.6) is 0 Å². The van der Waals surface area contributed by atoms with Crippen LogP contribution < -0.4 is 5.32 Å². The van der Waals surface area contributed by atoms with Gasteiger partial charge in [-0.1, -0.05) is 17.4 Å². The number of nitrogens with zero attached hydrogens (tertiary/aromatic N) is 4. The number of esters is 1. The fourth-order valence-corrected chi connectivity index (χ4v) is 2.91. The fraction of sp³-hybridized carbons (Fsp3) is 0.235. The van der Waals surface area contributed by atoms with E-state index < -0.39 is 28.3 Å². The Kier molecular flexibility index (Phi) is 7.09. The summed E-state index contributed by atoms with van der Waals surface area (Å²) in [4.78, 5) is 38.8. The molecular weight excluding hydrogens is 402 g/mol. The summed E-state index contributed by atoms with van der Waals surface area (Å²) in [6, 6.07) is 5.32. The molecule has 1 aromatic carbocycles. The fourth-order valence-electron chi connectivity index (χ4n) is 2.05. The van der Waals surface area contributed by atoms with Crippen molar-refractivity contribution >= 4 is 39.7 Å². The van der Waals surface area contributed by atoms with E-state index in [0.29, 0.717) is 5.69 Å². The van der Waals surface area contributed by atoms with E-state index in [1.54, 1.807) is 13.8 Å². The number of carbonyl (C=O) groups is 2. The molecule has 1 heterocycles. The van der Waals surface area contributed by atoms with Gasteiger partial charge in [0.2, 0.25) is 0 Å². The Balaban J connectivity index is 2.20. The van der Waals surface area contributed by atoms with Crippen molar-refractivity contribution in [2.45, 2.75) is 20.8 Å². The Hall–Kier alpha value is -3.67. The van der Waals surface area contributed by atoms with E-state index >= 15 is 0 Å². The normalized spacial score (nSPS) is 11.8. The maximum absolute atomic E-state index is 12.4. The van der Waals surface area contributed by atoms with Crippen molar-refractivity contribution in [3.8, 4) is 0 Å². The maximum Gasteiger partial charge on any atom is 0.350 e. The number of non-ortho nitro benzene ring substituents is 1. The minimum Gasteiger partial charge on any atom is -0.510 e. The van der Waals surface area contributed by atoms with Crippen molar-refractivity contribution in [2.75, 3.05) is 11.9 Å². The number of benzene rings is 1. The van der Waals surface area contributed by atoms with Gasteiger partial charge in [-0.3, -0.25) is 20.2 Å². The van der Waals surface area contributed by atoms with Gasteiger partial charge in [0.05, 0.1) is 22.9 Å². The first-order valence-electron chi connectivity index (χ1n) is 8.24. The summed E-state index contributed by atoms with van der Waals surface area (Å²) in [5, 5.41) is 30.6. The molecule has 0 bridgehead atoms. The molecule has 1 amide bonds. The molecule has 0 aliphatic rings. The van der Waals surface area contributed by atoms with Crippen molar-refractivity contribution < 1.29 is 24.4 Å². The smallest absolute Gasteiger partial charge is 0.350 e. The Labute approximate surface area is 168 Å². The summed E-state index contributed by atoms with van der Waals surface area (Å²) in [5.74, 6) is -1.79. The van der Waals surface area contributed by atoms with E-state index in [0.717, 1.165) is 11.3 Å². The summed E-state index contributed by atoms with van der Waals surface area (Å²) >= 11 is 0.916. The molecule has 12 heteroatoms. The molecule has 2 aromatic rings. The molecule has 0 radical (unpaired) electrons. The number of aryl methyl sites for hydroxylation is 1. The number of hydrogen-bond acceptors (Lipinski definition) is 10. The molecule has 0 aliphatic heterocycles. The van der Waals surface area contributed by atoms with Gasteiger partial charge in [0.25, 0.3) is 11.6 Å². The van der Waals surface area contributed by atoms with Gasteiger partial charge in [0, 0.05) is 12.1 Å². The topological polar surface area (TPSA) is 156 Å². The highest BCUT2D eigenvalue weighted by atomic mass is 32.1. The van der Waals surface area contributed by atoms with Gasteiger partial charge < -0.3 is 9.84 Å². The number of thiazole rings is 1. The first-order valence-corrected chi connectivity index (χ1v) is 9.06. The molecule has 152 valence electrons.